The van der Waals surface area contributed by atoms with Crippen LogP contribution in [0.4, 0.5) is 10.1 Å². The highest BCUT2D eigenvalue weighted by Crippen LogP contribution is 2.18. The minimum atomic E-state index is -1.13. The molecule has 0 fully saturated rings. The molecule has 0 unspecified atom stereocenters. The number of methoxy groups -OCH3 is 1. The van der Waals surface area contributed by atoms with Gasteiger partial charge >= 0.3 is 5.97 Å². The van der Waals surface area contributed by atoms with Crippen molar-refractivity contribution in [2.75, 3.05) is 12.4 Å². The summed E-state index contributed by atoms with van der Waals surface area (Å²) in [5.41, 5.74) is 0.605. The molecule has 25 heavy (non-hydrogen) atoms. The fourth-order valence-corrected chi connectivity index (χ4v) is 1.94. The molecule has 7 heteroatoms. The molecule has 0 aromatic heterocycles. The van der Waals surface area contributed by atoms with E-state index in [0.717, 1.165) is 6.07 Å². The number of amides is 1. The van der Waals surface area contributed by atoms with Gasteiger partial charge in [0.15, 0.2) is 6.10 Å². The molecule has 0 saturated heterocycles. The third kappa shape index (κ3) is 4.54. The lowest BCUT2D eigenvalue weighted by Gasteiger charge is -2.14. The van der Waals surface area contributed by atoms with Gasteiger partial charge in [-0.15, -0.1) is 0 Å². The highest BCUT2D eigenvalue weighted by molar-refractivity contribution is 5.97. The zero-order valence-electron chi connectivity index (χ0n) is 13.6. The molecule has 128 valence electrons. The number of rotatable bonds is 5. The first-order valence-electron chi connectivity index (χ1n) is 7.30. The van der Waals surface area contributed by atoms with Crippen molar-refractivity contribution in [1.82, 2.24) is 0 Å². The molecule has 2 aromatic rings. The van der Waals surface area contributed by atoms with E-state index in [1.165, 1.54) is 26.2 Å². The minimum absolute atomic E-state index is 0.264. The van der Waals surface area contributed by atoms with Crippen molar-refractivity contribution < 1.29 is 23.5 Å². The largest absolute Gasteiger partial charge is 0.497 e. The van der Waals surface area contributed by atoms with Gasteiger partial charge < -0.3 is 14.8 Å². The number of halogens is 1. The molecule has 0 spiro atoms. The Hall–Kier alpha value is -3.40. The van der Waals surface area contributed by atoms with Crippen LogP contribution in [0.5, 0.6) is 5.75 Å². The van der Waals surface area contributed by atoms with Crippen molar-refractivity contribution in [2.45, 2.75) is 13.0 Å². The summed E-state index contributed by atoms with van der Waals surface area (Å²) in [5.74, 6) is -2.07. The van der Waals surface area contributed by atoms with E-state index in [9.17, 15) is 14.0 Å². The average Bonchev–Trinajstić information content (AvgIpc) is 2.61. The van der Waals surface area contributed by atoms with Crippen LogP contribution in [0.2, 0.25) is 0 Å². The van der Waals surface area contributed by atoms with E-state index >= 15 is 0 Å². The van der Waals surface area contributed by atoms with Crippen LogP contribution in [0.15, 0.2) is 42.5 Å². The maximum absolute atomic E-state index is 13.8. The van der Waals surface area contributed by atoms with Gasteiger partial charge in [-0.2, -0.15) is 5.26 Å². The first-order chi connectivity index (χ1) is 11.9. The van der Waals surface area contributed by atoms with Gasteiger partial charge in [-0.25, -0.2) is 9.18 Å². The summed E-state index contributed by atoms with van der Waals surface area (Å²) in [4.78, 5) is 24.0. The number of carbonyl (C=O) groups excluding carboxylic acids is 2. The number of esters is 1. The number of ether oxygens (including phenoxy) is 2. The topological polar surface area (TPSA) is 88.4 Å². The molecular weight excluding hydrogens is 327 g/mol. The number of hydrogen-bond donors (Lipinski definition) is 1. The third-order valence-electron chi connectivity index (χ3n) is 3.33. The first-order valence-corrected chi connectivity index (χ1v) is 7.30. The Balaban J connectivity index is 2.00. The summed E-state index contributed by atoms with van der Waals surface area (Å²) in [6, 6.07) is 11.8. The average molecular weight is 342 g/mol. The molecule has 0 aliphatic rings. The first kappa shape index (κ1) is 17.9. The van der Waals surface area contributed by atoms with Crippen LogP contribution in [0.1, 0.15) is 22.8 Å². The zero-order valence-corrected chi connectivity index (χ0v) is 13.6. The Labute approximate surface area is 143 Å². The maximum atomic E-state index is 13.8. The second kappa shape index (κ2) is 7.93. The normalized spacial score (nSPS) is 11.1. The predicted molar refractivity (Wildman–Crippen MR) is 87.6 cm³/mol. The van der Waals surface area contributed by atoms with E-state index < -0.39 is 23.8 Å². The van der Waals surface area contributed by atoms with Gasteiger partial charge in [0.05, 0.1) is 24.3 Å². The second-order valence-electron chi connectivity index (χ2n) is 5.07. The number of anilines is 1. The van der Waals surface area contributed by atoms with Crippen molar-refractivity contribution in [3.8, 4) is 11.8 Å². The molecule has 0 radical (unpaired) electrons. The van der Waals surface area contributed by atoms with Crippen molar-refractivity contribution >= 4 is 17.6 Å². The van der Waals surface area contributed by atoms with E-state index in [1.54, 1.807) is 24.3 Å². The number of benzene rings is 2. The van der Waals surface area contributed by atoms with Crippen LogP contribution in [-0.4, -0.2) is 25.1 Å². The lowest BCUT2D eigenvalue weighted by Crippen LogP contribution is -2.30. The van der Waals surface area contributed by atoms with Gasteiger partial charge in [-0.1, -0.05) is 0 Å². The Bertz CT molecular complexity index is 828. The van der Waals surface area contributed by atoms with Crippen molar-refractivity contribution in [3.63, 3.8) is 0 Å². The molecule has 0 aliphatic heterocycles. The molecule has 6 nitrogen and oxygen atoms in total. The lowest BCUT2D eigenvalue weighted by atomic mass is 10.2. The fraction of sp³-hybridized carbons (Fsp3) is 0.167. The molecule has 1 N–H and O–H groups in total. The number of carbonyl (C=O) groups is 2. The molecule has 0 saturated carbocycles. The van der Waals surface area contributed by atoms with Gasteiger partial charge in [-0.05, 0) is 43.3 Å². The highest BCUT2D eigenvalue weighted by atomic mass is 19.1. The Morgan fingerprint density at radius 1 is 1.20 bits per heavy atom. The SMILES string of the molecule is COc1ccc(C(=O)O[C@@H](C)C(=O)Nc2ccc(C#N)cc2)c(F)c1. The molecule has 1 amide bonds. The van der Waals surface area contributed by atoms with Crippen molar-refractivity contribution in [1.29, 1.82) is 5.26 Å². The summed E-state index contributed by atoms with van der Waals surface area (Å²) in [7, 11) is 1.38. The molecule has 2 aromatic carbocycles. The van der Waals surface area contributed by atoms with Crippen LogP contribution in [0.25, 0.3) is 0 Å². The van der Waals surface area contributed by atoms with Crippen LogP contribution >= 0.6 is 0 Å². The van der Waals surface area contributed by atoms with Gasteiger partial charge in [-0.3, -0.25) is 4.79 Å². The molecule has 2 rings (SSSR count). The molecule has 0 bridgehead atoms. The van der Waals surface area contributed by atoms with Crippen molar-refractivity contribution in [2.24, 2.45) is 0 Å². The van der Waals surface area contributed by atoms with Gasteiger partial charge in [0.1, 0.15) is 11.6 Å². The summed E-state index contributed by atoms with van der Waals surface area (Å²) in [6.07, 6.45) is -1.13. The third-order valence-corrected chi connectivity index (χ3v) is 3.33. The summed E-state index contributed by atoms with van der Waals surface area (Å²) >= 11 is 0. The molecule has 0 heterocycles. The summed E-state index contributed by atoms with van der Waals surface area (Å²) in [5, 5.41) is 11.3. The number of nitriles is 1. The Morgan fingerprint density at radius 3 is 2.44 bits per heavy atom. The summed E-state index contributed by atoms with van der Waals surface area (Å²) < 4.78 is 23.7. The van der Waals surface area contributed by atoms with E-state index in [1.807, 2.05) is 6.07 Å². The maximum Gasteiger partial charge on any atom is 0.341 e. The molecule has 0 aliphatic carbocycles. The van der Waals surface area contributed by atoms with E-state index in [2.05, 4.69) is 5.32 Å². The van der Waals surface area contributed by atoms with E-state index in [4.69, 9.17) is 14.7 Å². The zero-order chi connectivity index (χ0) is 18.4. The van der Waals surface area contributed by atoms with Crippen LogP contribution in [0.3, 0.4) is 0 Å². The minimum Gasteiger partial charge on any atom is -0.497 e. The van der Waals surface area contributed by atoms with Gasteiger partial charge in [0.25, 0.3) is 5.91 Å². The quantitative estimate of drug-likeness (QED) is 0.844. The van der Waals surface area contributed by atoms with E-state index in [-0.39, 0.29) is 11.3 Å². The summed E-state index contributed by atoms with van der Waals surface area (Å²) in [6.45, 7) is 1.37. The smallest absolute Gasteiger partial charge is 0.341 e. The fourth-order valence-electron chi connectivity index (χ4n) is 1.94. The van der Waals surface area contributed by atoms with Gasteiger partial charge in [0.2, 0.25) is 0 Å². The number of nitrogens with one attached hydrogen (secondary N) is 1. The van der Waals surface area contributed by atoms with Crippen LogP contribution in [-0.2, 0) is 9.53 Å². The number of nitrogens with zero attached hydrogens (tertiary/aromatic N) is 1. The van der Waals surface area contributed by atoms with Crippen LogP contribution < -0.4 is 10.1 Å². The van der Waals surface area contributed by atoms with E-state index in [0.29, 0.717) is 11.3 Å². The second-order valence-corrected chi connectivity index (χ2v) is 5.07. The van der Waals surface area contributed by atoms with Crippen LogP contribution in [0, 0.1) is 17.1 Å². The Kier molecular flexibility index (Phi) is 5.69. The predicted octanol–water partition coefficient (Wildman–Crippen LogP) is 2.89. The monoisotopic (exact) mass is 342 g/mol. The highest BCUT2D eigenvalue weighted by Gasteiger charge is 2.21. The van der Waals surface area contributed by atoms with Crippen molar-refractivity contribution in [3.05, 3.63) is 59.4 Å². The number of hydrogen-bond acceptors (Lipinski definition) is 5. The molecule has 1 atom stereocenters. The standard InChI is InChI=1S/C18H15FN2O4/c1-11(17(22)21-13-5-3-12(10-20)4-6-13)25-18(23)15-8-7-14(24-2)9-16(15)19/h3-9,11H,1-2H3,(H,21,22)/t11-/m0/s1. The Morgan fingerprint density at radius 2 is 1.88 bits per heavy atom. The van der Waals surface area contributed by atoms with Gasteiger partial charge in [0, 0.05) is 11.8 Å². The lowest BCUT2D eigenvalue weighted by molar-refractivity contribution is -0.123. The molecular formula is C18H15FN2O4.